The van der Waals surface area contributed by atoms with Gasteiger partial charge in [0.2, 0.25) is 5.75 Å². The number of fused-ring (bicyclic) bond motifs is 1. The first-order valence-electron chi connectivity index (χ1n) is 11.9. The molecule has 0 fully saturated rings. The van der Waals surface area contributed by atoms with Crippen LogP contribution in [0.2, 0.25) is 0 Å². The van der Waals surface area contributed by atoms with Crippen molar-refractivity contribution in [3.8, 4) is 23.0 Å². The number of aromatic amines is 1. The molecule has 1 amide bonds. The van der Waals surface area contributed by atoms with Gasteiger partial charge in [-0.05, 0) is 70.3 Å². The number of carbonyl (C=O) groups excluding carboxylic acids is 1. The van der Waals surface area contributed by atoms with Gasteiger partial charge in [-0.3, -0.25) is 9.59 Å². The van der Waals surface area contributed by atoms with Crippen LogP contribution in [0.4, 0.5) is 0 Å². The van der Waals surface area contributed by atoms with Crippen molar-refractivity contribution in [3.63, 3.8) is 0 Å². The number of amides is 1. The average Bonchev–Trinajstić information content (AvgIpc) is 2.83. The van der Waals surface area contributed by atoms with E-state index in [1.54, 1.807) is 30.2 Å². The third-order valence-corrected chi connectivity index (χ3v) is 5.51. The van der Waals surface area contributed by atoms with Crippen molar-refractivity contribution in [3.05, 3.63) is 57.9 Å². The lowest BCUT2D eigenvalue weighted by atomic mass is 10.1. The average molecular weight is 483 g/mol. The smallest absolute Gasteiger partial charge is 0.254 e. The molecule has 0 unspecified atom stereocenters. The lowest BCUT2D eigenvalue weighted by molar-refractivity contribution is 0.0688. The van der Waals surface area contributed by atoms with Crippen molar-refractivity contribution in [1.29, 1.82) is 0 Å². The van der Waals surface area contributed by atoms with Gasteiger partial charge in [0, 0.05) is 23.2 Å². The zero-order valence-electron chi connectivity index (χ0n) is 21.3. The van der Waals surface area contributed by atoms with E-state index in [-0.39, 0.29) is 24.1 Å². The minimum Gasteiger partial charge on any atom is -0.497 e. The van der Waals surface area contributed by atoms with E-state index < -0.39 is 0 Å². The molecule has 1 heterocycles. The van der Waals surface area contributed by atoms with Gasteiger partial charge in [-0.25, -0.2) is 0 Å². The summed E-state index contributed by atoms with van der Waals surface area (Å²) in [6.45, 7) is 10.8. The van der Waals surface area contributed by atoms with E-state index in [0.717, 1.165) is 5.39 Å². The fourth-order valence-corrected chi connectivity index (χ4v) is 3.82. The molecule has 8 heteroatoms. The van der Waals surface area contributed by atoms with Gasteiger partial charge >= 0.3 is 0 Å². The van der Waals surface area contributed by atoms with E-state index in [0.29, 0.717) is 59.5 Å². The number of hydrogen-bond acceptors (Lipinski definition) is 6. The molecule has 0 aliphatic carbocycles. The normalized spacial score (nSPS) is 10.9. The summed E-state index contributed by atoms with van der Waals surface area (Å²) in [6, 6.07) is 10.5. The van der Waals surface area contributed by atoms with Gasteiger partial charge in [-0.2, -0.15) is 0 Å². The Morgan fingerprint density at radius 3 is 2.11 bits per heavy atom. The number of pyridine rings is 1. The second-order valence-electron chi connectivity index (χ2n) is 8.20. The minimum atomic E-state index is -0.249. The Morgan fingerprint density at radius 2 is 1.57 bits per heavy atom. The molecule has 3 aromatic rings. The number of methoxy groups -OCH3 is 1. The molecular formula is C27H34N2O6. The monoisotopic (exact) mass is 482 g/mol. The summed E-state index contributed by atoms with van der Waals surface area (Å²) in [6.07, 6.45) is 0. The molecule has 3 rings (SSSR count). The van der Waals surface area contributed by atoms with E-state index in [4.69, 9.17) is 18.9 Å². The fourth-order valence-electron chi connectivity index (χ4n) is 3.82. The van der Waals surface area contributed by atoms with Crippen LogP contribution in [0.5, 0.6) is 23.0 Å². The van der Waals surface area contributed by atoms with Gasteiger partial charge in [-0.1, -0.05) is 0 Å². The lowest BCUT2D eigenvalue weighted by Crippen LogP contribution is -2.38. The summed E-state index contributed by atoms with van der Waals surface area (Å²) in [5, 5.41) is 0.856. The maximum atomic E-state index is 13.7. The van der Waals surface area contributed by atoms with Crippen molar-refractivity contribution >= 4 is 16.8 Å². The first-order chi connectivity index (χ1) is 16.8. The van der Waals surface area contributed by atoms with Gasteiger partial charge < -0.3 is 28.8 Å². The number of benzene rings is 2. The standard InChI is InChI=1S/C27H34N2O6/c1-7-33-23-13-19(14-24(34-8-2)25(23)35-9-3)27(31)29(17(4)5)16-20-12-18-10-11-21(32-6)15-22(18)28-26(20)30/h10-15,17H,7-9,16H2,1-6H3,(H,28,30). The number of nitrogens with zero attached hydrogens (tertiary/aromatic N) is 1. The maximum absolute atomic E-state index is 13.7. The molecule has 2 aromatic carbocycles. The summed E-state index contributed by atoms with van der Waals surface area (Å²) in [4.78, 5) is 31.1. The Labute approximate surface area is 205 Å². The van der Waals surface area contributed by atoms with E-state index in [9.17, 15) is 9.59 Å². The van der Waals surface area contributed by atoms with Crippen molar-refractivity contribution in [2.45, 2.75) is 47.2 Å². The van der Waals surface area contributed by atoms with E-state index in [1.165, 1.54) is 0 Å². The van der Waals surface area contributed by atoms with Crippen LogP contribution in [0, 0.1) is 0 Å². The zero-order valence-corrected chi connectivity index (χ0v) is 21.3. The highest BCUT2D eigenvalue weighted by atomic mass is 16.5. The minimum absolute atomic E-state index is 0.148. The quantitative estimate of drug-likeness (QED) is 0.423. The predicted octanol–water partition coefficient (Wildman–Crippen LogP) is 4.78. The van der Waals surface area contributed by atoms with Gasteiger partial charge in [0.15, 0.2) is 11.5 Å². The van der Waals surface area contributed by atoms with E-state index in [2.05, 4.69) is 4.98 Å². The highest BCUT2D eigenvalue weighted by Crippen LogP contribution is 2.39. The molecule has 1 aromatic heterocycles. The zero-order chi connectivity index (χ0) is 25.5. The van der Waals surface area contributed by atoms with Crippen LogP contribution in [0.1, 0.15) is 50.5 Å². The Hall–Kier alpha value is -3.68. The molecule has 35 heavy (non-hydrogen) atoms. The number of rotatable bonds is 11. The number of nitrogens with one attached hydrogen (secondary N) is 1. The third kappa shape index (κ3) is 5.88. The Kier molecular flexibility index (Phi) is 8.63. The number of hydrogen-bond donors (Lipinski definition) is 1. The SMILES string of the molecule is CCOc1cc(C(=O)N(Cc2cc3ccc(OC)cc3[nH]c2=O)C(C)C)cc(OCC)c1OCC. The maximum Gasteiger partial charge on any atom is 0.254 e. The molecule has 0 saturated heterocycles. The van der Waals surface area contributed by atoms with Gasteiger partial charge in [0.05, 0.1) is 39.0 Å². The molecular weight excluding hydrogens is 448 g/mol. The number of H-pyrrole nitrogens is 1. The van der Waals surface area contributed by atoms with E-state index >= 15 is 0 Å². The van der Waals surface area contributed by atoms with Crippen molar-refractivity contribution < 1.29 is 23.7 Å². The van der Waals surface area contributed by atoms with Gasteiger partial charge in [-0.15, -0.1) is 0 Å². The summed E-state index contributed by atoms with van der Waals surface area (Å²) < 4.78 is 22.5. The molecule has 0 aliphatic rings. The number of ether oxygens (including phenoxy) is 4. The van der Waals surface area contributed by atoms with Crippen molar-refractivity contribution in [2.24, 2.45) is 0 Å². The highest BCUT2D eigenvalue weighted by molar-refractivity contribution is 5.96. The Bertz CT molecular complexity index is 1210. The topological polar surface area (TPSA) is 90.1 Å². The Balaban J connectivity index is 2.01. The number of carbonyl (C=O) groups is 1. The predicted molar refractivity (Wildman–Crippen MR) is 136 cm³/mol. The second-order valence-corrected chi connectivity index (χ2v) is 8.20. The van der Waals surface area contributed by atoms with Crippen LogP contribution in [-0.4, -0.2) is 48.8 Å². The lowest BCUT2D eigenvalue weighted by Gasteiger charge is -2.27. The first-order valence-corrected chi connectivity index (χ1v) is 11.9. The Morgan fingerprint density at radius 1 is 0.943 bits per heavy atom. The van der Waals surface area contributed by atoms with E-state index in [1.807, 2.05) is 52.8 Å². The summed E-state index contributed by atoms with van der Waals surface area (Å²) >= 11 is 0. The summed E-state index contributed by atoms with van der Waals surface area (Å²) in [7, 11) is 1.58. The third-order valence-electron chi connectivity index (χ3n) is 5.51. The van der Waals surface area contributed by atoms with Crippen LogP contribution in [0.15, 0.2) is 41.2 Å². The summed E-state index contributed by atoms with van der Waals surface area (Å²) in [5.41, 5.74) is 1.32. The highest BCUT2D eigenvalue weighted by Gasteiger charge is 2.24. The fraction of sp³-hybridized carbons (Fsp3) is 0.407. The van der Waals surface area contributed by atoms with Crippen molar-refractivity contribution in [1.82, 2.24) is 9.88 Å². The largest absolute Gasteiger partial charge is 0.497 e. The van der Waals surface area contributed by atoms with Gasteiger partial charge in [0.1, 0.15) is 5.75 Å². The van der Waals surface area contributed by atoms with Gasteiger partial charge in [0.25, 0.3) is 11.5 Å². The molecule has 0 spiro atoms. The molecule has 1 N–H and O–H groups in total. The molecule has 188 valence electrons. The second kappa shape index (κ2) is 11.6. The number of aromatic nitrogens is 1. The molecule has 0 atom stereocenters. The summed E-state index contributed by atoms with van der Waals surface area (Å²) in [5.74, 6) is 1.80. The van der Waals surface area contributed by atoms with Crippen molar-refractivity contribution in [2.75, 3.05) is 26.9 Å². The van der Waals surface area contributed by atoms with Crippen LogP contribution >= 0.6 is 0 Å². The van der Waals surface area contributed by atoms with Crippen LogP contribution in [0.3, 0.4) is 0 Å². The molecule has 0 aliphatic heterocycles. The molecule has 8 nitrogen and oxygen atoms in total. The van der Waals surface area contributed by atoms with Crippen LogP contribution in [-0.2, 0) is 6.54 Å². The van der Waals surface area contributed by atoms with Crippen LogP contribution < -0.4 is 24.5 Å². The molecule has 0 saturated carbocycles. The molecule has 0 bridgehead atoms. The first kappa shape index (κ1) is 25.9. The van der Waals surface area contributed by atoms with Crippen LogP contribution in [0.25, 0.3) is 10.9 Å². The molecule has 0 radical (unpaired) electrons.